The second-order valence-corrected chi connectivity index (χ2v) is 12.5. The zero-order valence-corrected chi connectivity index (χ0v) is 27.6. The molecule has 46 heavy (non-hydrogen) atoms. The second kappa shape index (κ2) is 18.9. The van der Waals surface area contributed by atoms with Gasteiger partial charge in [0.15, 0.2) is 5.96 Å². The molecular weight excluding hydrogens is 602 g/mol. The summed E-state index contributed by atoms with van der Waals surface area (Å²) in [5, 5.41) is 30.0. The van der Waals surface area contributed by atoms with E-state index in [2.05, 4.69) is 26.3 Å². The predicted octanol–water partition coefficient (Wildman–Crippen LogP) is -2.52. The number of aliphatic hydroxyl groups is 1. The number of nitrogens with one attached hydrogen (secondary N) is 4. The van der Waals surface area contributed by atoms with E-state index < -0.39 is 77.9 Å². The monoisotopic (exact) mass is 655 g/mol. The lowest BCUT2D eigenvalue weighted by molar-refractivity contribution is -0.144. The minimum atomic E-state index is -1.33. The van der Waals surface area contributed by atoms with Gasteiger partial charge in [-0.2, -0.15) is 0 Å². The van der Waals surface area contributed by atoms with Crippen LogP contribution in [0.2, 0.25) is 0 Å². The molecular formula is C29H53N9O8. The van der Waals surface area contributed by atoms with Gasteiger partial charge in [0, 0.05) is 13.1 Å². The number of hydrogen-bond acceptors (Lipinski definition) is 9. The molecule has 1 aliphatic heterocycles. The average Bonchev–Trinajstić information content (AvgIpc) is 3.45. The van der Waals surface area contributed by atoms with E-state index in [1.165, 1.54) is 18.7 Å². The Labute approximate surface area is 269 Å². The Morgan fingerprint density at radius 1 is 0.891 bits per heavy atom. The van der Waals surface area contributed by atoms with Crippen molar-refractivity contribution >= 4 is 41.5 Å². The van der Waals surface area contributed by atoms with Crippen molar-refractivity contribution in [3.8, 4) is 0 Å². The summed E-state index contributed by atoms with van der Waals surface area (Å²) in [5.41, 5.74) is 16.4. The van der Waals surface area contributed by atoms with Crippen molar-refractivity contribution in [2.75, 3.05) is 13.1 Å². The lowest BCUT2D eigenvalue weighted by Gasteiger charge is -2.31. The number of rotatable bonds is 18. The Morgan fingerprint density at radius 2 is 1.50 bits per heavy atom. The van der Waals surface area contributed by atoms with Crippen LogP contribution in [0.15, 0.2) is 4.99 Å². The zero-order valence-electron chi connectivity index (χ0n) is 27.6. The minimum absolute atomic E-state index is 0.0490. The lowest BCUT2D eigenvalue weighted by atomic mass is 10.0. The maximum absolute atomic E-state index is 13.4. The molecule has 0 bridgehead atoms. The van der Waals surface area contributed by atoms with Gasteiger partial charge in [-0.05, 0) is 57.8 Å². The molecule has 1 fully saturated rings. The van der Waals surface area contributed by atoms with Gasteiger partial charge >= 0.3 is 5.97 Å². The van der Waals surface area contributed by atoms with E-state index in [4.69, 9.17) is 17.2 Å². The molecule has 0 aromatic rings. The smallest absolute Gasteiger partial charge is 0.326 e. The number of amides is 5. The molecule has 0 spiro atoms. The average molecular weight is 656 g/mol. The first kappa shape index (κ1) is 40.0. The van der Waals surface area contributed by atoms with Crippen molar-refractivity contribution in [2.24, 2.45) is 34.0 Å². The van der Waals surface area contributed by atoms with Crippen LogP contribution in [-0.2, 0) is 28.8 Å². The fourth-order valence-corrected chi connectivity index (χ4v) is 4.83. The van der Waals surface area contributed by atoms with Crippen molar-refractivity contribution in [3.63, 3.8) is 0 Å². The summed E-state index contributed by atoms with van der Waals surface area (Å²) >= 11 is 0. The van der Waals surface area contributed by atoms with Gasteiger partial charge in [-0.25, -0.2) is 4.79 Å². The van der Waals surface area contributed by atoms with Gasteiger partial charge in [0.25, 0.3) is 0 Å². The van der Waals surface area contributed by atoms with E-state index in [0.29, 0.717) is 6.42 Å². The van der Waals surface area contributed by atoms with Crippen LogP contribution in [0.4, 0.5) is 0 Å². The third-order valence-electron chi connectivity index (χ3n) is 7.56. The first-order valence-corrected chi connectivity index (χ1v) is 15.6. The molecule has 0 unspecified atom stereocenters. The predicted molar refractivity (Wildman–Crippen MR) is 170 cm³/mol. The summed E-state index contributed by atoms with van der Waals surface area (Å²) < 4.78 is 0. The number of aliphatic imine (C=N–C) groups is 1. The molecule has 17 nitrogen and oxygen atoms in total. The number of aliphatic hydroxyl groups excluding tert-OH is 1. The van der Waals surface area contributed by atoms with E-state index in [-0.39, 0.29) is 56.6 Å². The highest BCUT2D eigenvalue weighted by atomic mass is 16.4. The molecule has 1 saturated heterocycles. The van der Waals surface area contributed by atoms with Crippen LogP contribution in [0.25, 0.3) is 0 Å². The van der Waals surface area contributed by atoms with Gasteiger partial charge in [-0.1, -0.05) is 27.7 Å². The van der Waals surface area contributed by atoms with Crippen LogP contribution >= 0.6 is 0 Å². The number of aliphatic carboxylic acids is 1. The van der Waals surface area contributed by atoms with Crippen molar-refractivity contribution in [1.82, 2.24) is 26.2 Å². The normalized spacial score (nSPS) is 18.5. The quantitative estimate of drug-likeness (QED) is 0.0422. The number of nitrogens with zero attached hydrogens (tertiary/aromatic N) is 2. The molecule has 12 N–H and O–H groups in total. The summed E-state index contributed by atoms with van der Waals surface area (Å²) in [4.78, 5) is 82.1. The van der Waals surface area contributed by atoms with Gasteiger partial charge in [0.2, 0.25) is 29.5 Å². The molecule has 262 valence electrons. The molecule has 1 aliphatic rings. The molecule has 0 aromatic heterocycles. The zero-order chi connectivity index (χ0) is 35.3. The van der Waals surface area contributed by atoms with Crippen LogP contribution in [0, 0.1) is 11.8 Å². The fraction of sp³-hybridized carbons (Fsp3) is 0.759. The molecule has 0 aliphatic carbocycles. The van der Waals surface area contributed by atoms with Crippen LogP contribution in [0.5, 0.6) is 0 Å². The van der Waals surface area contributed by atoms with E-state index in [9.17, 15) is 39.0 Å². The molecule has 0 radical (unpaired) electrons. The third kappa shape index (κ3) is 12.8. The number of carbonyl (C=O) groups excluding carboxylic acids is 5. The van der Waals surface area contributed by atoms with Gasteiger partial charge in [0.05, 0.1) is 12.1 Å². The fourth-order valence-electron chi connectivity index (χ4n) is 4.83. The molecule has 17 heteroatoms. The highest BCUT2D eigenvalue weighted by molar-refractivity contribution is 5.96. The van der Waals surface area contributed by atoms with E-state index in [0.717, 1.165) is 0 Å². The highest BCUT2D eigenvalue weighted by Gasteiger charge is 2.40. The van der Waals surface area contributed by atoms with Crippen molar-refractivity contribution < 1.29 is 39.0 Å². The third-order valence-corrected chi connectivity index (χ3v) is 7.56. The number of nitrogens with two attached hydrogens (primary N) is 3. The first-order chi connectivity index (χ1) is 21.4. The number of carbonyl (C=O) groups is 6. The molecule has 0 saturated carbocycles. The Hall–Kier alpha value is -3.99. The van der Waals surface area contributed by atoms with Crippen LogP contribution in [0.3, 0.4) is 0 Å². The summed E-state index contributed by atoms with van der Waals surface area (Å²) in [6.45, 7) is 10.3. The van der Waals surface area contributed by atoms with Crippen molar-refractivity contribution in [3.05, 3.63) is 0 Å². The molecule has 1 heterocycles. The summed E-state index contributed by atoms with van der Waals surface area (Å²) in [7, 11) is 0. The second-order valence-electron chi connectivity index (χ2n) is 12.5. The lowest BCUT2D eigenvalue weighted by Crippen LogP contribution is -2.60. The number of hydrogen-bond donors (Lipinski definition) is 9. The Bertz CT molecular complexity index is 1110. The van der Waals surface area contributed by atoms with E-state index in [1.54, 1.807) is 13.8 Å². The van der Waals surface area contributed by atoms with Crippen LogP contribution < -0.4 is 38.5 Å². The number of guanidine groups is 1. The first-order valence-electron chi connectivity index (χ1n) is 15.6. The molecule has 0 aromatic carbocycles. The van der Waals surface area contributed by atoms with Crippen molar-refractivity contribution in [2.45, 2.75) is 116 Å². The summed E-state index contributed by atoms with van der Waals surface area (Å²) in [6.07, 6.45) is 0.0206. The Kier molecular flexibility index (Phi) is 16.4. The topological polar surface area (TPSA) is 285 Å². The molecule has 5 amide bonds. The Morgan fingerprint density at radius 3 is 2.02 bits per heavy atom. The van der Waals surface area contributed by atoms with Gasteiger partial charge < -0.3 is 53.6 Å². The Balaban J connectivity index is 2.93. The minimum Gasteiger partial charge on any atom is -0.480 e. The number of carboxylic acid groups (broad SMARTS) is 1. The van der Waals surface area contributed by atoms with Gasteiger partial charge in [0.1, 0.15) is 30.2 Å². The SMILES string of the molecule is CC(C)C[C@H](NC(=O)[C@H](C)NC(=O)[C@@H]1CCCN1C(=O)[C@@H](NC(=O)[C@@H](N)C(C)C)[C@@H](C)O)C(=O)N[C@@H](CCCN=C(N)N)C(=O)O. The van der Waals surface area contributed by atoms with Crippen LogP contribution in [-0.4, -0.2) is 112 Å². The highest BCUT2D eigenvalue weighted by Crippen LogP contribution is 2.20. The maximum Gasteiger partial charge on any atom is 0.326 e. The van der Waals surface area contributed by atoms with Crippen LogP contribution in [0.1, 0.15) is 73.6 Å². The largest absolute Gasteiger partial charge is 0.480 e. The molecule has 1 rings (SSSR count). The van der Waals surface area contributed by atoms with Gasteiger partial charge in [-0.15, -0.1) is 0 Å². The maximum atomic E-state index is 13.4. The van der Waals surface area contributed by atoms with Crippen molar-refractivity contribution in [1.29, 1.82) is 0 Å². The number of likely N-dealkylation sites (tertiary alicyclic amines) is 1. The van der Waals surface area contributed by atoms with Gasteiger partial charge in [-0.3, -0.25) is 29.0 Å². The molecule has 7 atom stereocenters. The summed E-state index contributed by atoms with van der Waals surface area (Å²) in [5.74, 6) is -4.95. The summed E-state index contributed by atoms with van der Waals surface area (Å²) in [6, 6.07) is -6.67. The van der Waals surface area contributed by atoms with E-state index >= 15 is 0 Å². The standard InChI is InChI=1S/C29H53N9O8/c1-14(2)13-19(24(41)35-18(28(45)46)9-7-11-33-29(31)32)36-23(40)16(5)34-25(42)20-10-8-12-38(20)27(44)22(17(6)39)37-26(43)21(30)15(3)4/h14-22,39H,7-13,30H2,1-6H3,(H,34,42)(H,35,41)(H,36,40)(H,37,43)(H,45,46)(H4,31,32,33)/t16-,17+,18-,19-,20-,21-,22-/m0/s1. The van der Waals surface area contributed by atoms with E-state index in [1.807, 2.05) is 13.8 Å². The number of carboxylic acids is 1.